The number of hydrogen-bond acceptors (Lipinski definition) is 4. The Labute approximate surface area is 104 Å². The summed E-state index contributed by atoms with van der Waals surface area (Å²) in [7, 11) is 1.85. The average Bonchev–Trinajstić information content (AvgIpc) is 2.89. The van der Waals surface area contributed by atoms with Gasteiger partial charge in [-0.1, -0.05) is 0 Å². The number of rotatable bonds is 3. The van der Waals surface area contributed by atoms with Crippen LogP contribution in [0, 0.1) is 13.8 Å². The first kappa shape index (κ1) is 12.1. The molecule has 2 heterocycles. The first-order valence-electron chi connectivity index (χ1n) is 5.45. The molecule has 18 heavy (non-hydrogen) atoms. The summed E-state index contributed by atoms with van der Waals surface area (Å²) in [5.74, 6) is 0.277. The summed E-state index contributed by atoms with van der Waals surface area (Å²) < 4.78 is 6.79. The molecule has 2 rings (SSSR count). The third-order valence-electron chi connectivity index (χ3n) is 2.75. The molecule has 6 heteroatoms. The molecule has 6 nitrogen and oxygen atoms in total. The van der Waals surface area contributed by atoms with E-state index in [2.05, 4.69) is 15.6 Å². The molecule has 0 aromatic carbocycles. The summed E-state index contributed by atoms with van der Waals surface area (Å²) in [5.41, 5.74) is 4.77. The maximum atomic E-state index is 11.7. The lowest BCUT2D eigenvalue weighted by Gasteiger charge is -1.97. The molecule has 0 saturated carbocycles. The SMILES string of the molecule is Cc1occc1C(=O)N/N=C\c1cnn(C)c1C. The van der Waals surface area contributed by atoms with Crippen molar-refractivity contribution in [2.45, 2.75) is 13.8 Å². The van der Waals surface area contributed by atoms with Crippen LogP contribution in [0.4, 0.5) is 0 Å². The minimum atomic E-state index is -0.293. The maximum absolute atomic E-state index is 11.7. The summed E-state index contributed by atoms with van der Waals surface area (Å²) in [6.45, 7) is 3.65. The first-order valence-corrected chi connectivity index (χ1v) is 5.45. The number of nitrogens with zero attached hydrogens (tertiary/aromatic N) is 3. The minimum Gasteiger partial charge on any atom is -0.469 e. The van der Waals surface area contributed by atoms with Gasteiger partial charge in [0.05, 0.1) is 24.2 Å². The van der Waals surface area contributed by atoms with E-state index >= 15 is 0 Å². The summed E-state index contributed by atoms with van der Waals surface area (Å²) in [4.78, 5) is 11.7. The summed E-state index contributed by atoms with van der Waals surface area (Å²) >= 11 is 0. The van der Waals surface area contributed by atoms with E-state index in [1.165, 1.54) is 6.26 Å². The van der Waals surface area contributed by atoms with Gasteiger partial charge in [-0.05, 0) is 19.9 Å². The molecule has 2 aromatic heterocycles. The Bertz CT molecular complexity index is 595. The molecule has 0 unspecified atom stereocenters. The molecular formula is C12H14N4O2. The Morgan fingerprint density at radius 3 is 2.89 bits per heavy atom. The number of aromatic nitrogens is 2. The van der Waals surface area contributed by atoms with Crippen molar-refractivity contribution >= 4 is 12.1 Å². The number of furan rings is 1. The van der Waals surface area contributed by atoms with E-state index in [4.69, 9.17) is 4.42 Å². The fraction of sp³-hybridized carbons (Fsp3) is 0.250. The predicted octanol–water partition coefficient (Wildman–Crippen LogP) is 1.39. The Morgan fingerprint density at radius 2 is 2.33 bits per heavy atom. The van der Waals surface area contributed by atoms with Gasteiger partial charge in [0.2, 0.25) is 0 Å². The fourth-order valence-corrected chi connectivity index (χ4v) is 1.48. The molecule has 0 atom stereocenters. The smallest absolute Gasteiger partial charge is 0.274 e. The van der Waals surface area contributed by atoms with Crippen LogP contribution in [0.3, 0.4) is 0 Å². The number of hydrogen-bond donors (Lipinski definition) is 1. The number of hydrazone groups is 1. The minimum absolute atomic E-state index is 0.293. The topological polar surface area (TPSA) is 72.4 Å². The molecule has 0 aliphatic rings. The summed E-state index contributed by atoms with van der Waals surface area (Å²) in [6.07, 6.45) is 4.73. The van der Waals surface area contributed by atoms with Gasteiger partial charge in [-0.2, -0.15) is 10.2 Å². The van der Waals surface area contributed by atoms with Crippen molar-refractivity contribution in [2.24, 2.45) is 12.1 Å². The fourth-order valence-electron chi connectivity index (χ4n) is 1.48. The standard InChI is InChI=1S/C12H14N4O2/c1-8-10(7-14-16(8)3)6-13-15-12(17)11-4-5-18-9(11)2/h4-7H,1-3H3,(H,15,17)/b13-6-. The molecule has 0 fully saturated rings. The van der Waals surface area contributed by atoms with Crippen LogP contribution in [0.1, 0.15) is 27.4 Å². The molecule has 0 radical (unpaired) electrons. The first-order chi connectivity index (χ1) is 8.59. The Kier molecular flexibility index (Phi) is 3.27. The van der Waals surface area contributed by atoms with Crippen LogP contribution >= 0.6 is 0 Å². The van der Waals surface area contributed by atoms with Crippen molar-refractivity contribution in [1.29, 1.82) is 0 Å². The molecule has 0 bridgehead atoms. The largest absolute Gasteiger partial charge is 0.469 e. The highest BCUT2D eigenvalue weighted by atomic mass is 16.3. The van der Waals surface area contributed by atoms with Crippen LogP contribution < -0.4 is 5.43 Å². The zero-order chi connectivity index (χ0) is 13.1. The molecule has 1 N–H and O–H groups in total. The van der Waals surface area contributed by atoms with E-state index < -0.39 is 0 Å². The lowest BCUT2D eigenvalue weighted by Crippen LogP contribution is -2.17. The molecule has 0 aliphatic heterocycles. The zero-order valence-corrected chi connectivity index (χ0v) is 10.5. The van der Waals surface area contributed by atoms with Gasteiger partial charge in [0.25, 0.3) is 5.91 Å². The van der Waals surface area contributed by atoms with E-state index in [1.54, 1.807) is 30.1 Å². The zero-order valence-electron chi connectivity index (χ0n) is 10.5. The maximum Gasteiger partial charge on any atom is 0.274 e. The molecule has 94 valence electrons. The summed E-state index contributed by atoms with van der Waals surface area (Å²) in [6, 6.07) is 1.61. The number of amides is 1. The second-order valence-electron chi connectivity index (χ2n) is 3.90. The van der Waals surface area contributed by atoms with E-state index in [1.807, 2.05) is 14.0 Å². The van der Waals surface area contributed by atoms with Crippen molar-refractivity contribution in [3.05, 3.63) is 41.1 Å². The van der Waals surface area contributed by atoms with E-state index in [9.17, 15) is 4.79 Å². The van der Waals surface area contributed by atoms with Gasteiger partial charge in [-0.15, -0.1) is 0 Å². The molecule has 0 spiro atoms. The van der Waals surface area contributed by atoms with Gasteiger partial charge in [-0.3, -0.25) is 9.48 Å². The third kappa shape index (κ3) is 2.32. The number of carbonyl (C=O) groups is 1. The number of carbonyl (C=O) groups excluding carboxylic acids is 1. The lowest BCUT2D eigenvalue weighted by atomic mass is 10.2. The lowest BCUT2D eigenvalue weighted by molar-refractivity contribution is 0.0953. The number of nitrogens with one attached hydrogen (secondary N) is 1. The van der Waals surface area contributed by atoms with E-state index in [0.717, 1.165) is 11.3 Å². The van der Waals surface area contributed by atoms with Crippen LogP contribution in [-0.2, 0) is 7.05 Å². The molecular weight excluding hydrogens is 232 g/mol. The molecule has 0 saturated heterocycles. The quantitative estimate of drug-likeness (QED) is 0.657. The second-order valence-corrected chi connectivity index (χ2v) is 3.90. The Hall–Kier alpha value is -2.37. The van der Waals surface area contributed by atoms with Crippen LogP contribution in [0.15, 0.2) is 28.0 Å². The van der Waals surface area contributed by atoms with Crippen molar-refractivity contribution in [3.8, 4) is 0 Å². The van der Waals surface area contributed by atoms with Crippen LogP contribution in [0.25, 0.3) is 0 Å². The highest BCUT2D eigenvalue weighted by Gasteiger charge is 2.09. The second kappa shape index (κ2) is 4.87. The summed E-state index contributed by atoms with van der Waals surface area (Å²) in [5, 5.41) is 7.97. The van der Waals surface area contributed by atoms with E-state index in [-0.39, 0.29) is 5.91 Å². The van der Waals surface area contributed by atoms with Gasteiger partial charge in [0.1, 0.15) is 5.76 Å². The van der Waals surface area contributed by atoms with Crippen molar-refractivity contribution in [1.82, 2.24) is 15.2 Å². The van der Waals surface area contributed by atoms with Crippen LogP contribution in [0.5, 0.6) is 0 Å². The van der Waals surface area contributed by atoms with Crippen LogP contribution in [0.2, 0.25) is 0 Å². The van der Waals surface area contributed by atoms with E-state index in [0.29, 0.717) is 11.3 Å². The van der Waals surface area contributed by atoms with Gasteiger partial charge >= 0.3 is 0 Å². The highest BCUT2D eigenvalue weighted by Crippen LogP contribution is 2.08. The van der Waals surface area contributed by atoms with Crippen LogP contribution in [-0.4, -0.2) is 21.9 Å². The van der Waals surface area contributed by atoms with Gasteiger partial charge in [0.15, 0.2) is 0 Å². The highest BCUT2D eigenvalue weighted by molar-refractivity contribution is 5.95. The molecule has 2 aromatic rings. The Morgan fingerprint density at radius 1 is 1.56 bits per heavy atom. The van der Waals surface area contributed by atoms with Crippen molar-refractivity contribution in [3.63, 3.8) is 0 Å². The van der Waals surface area contributed by atoms with Crippen molar-refractivity contribution < 1.29 is 9.21 Å². The molecule has 1 amide bonds. The van der Waals surface area contributed by atoms with Crippen molar-refractivity contribution in [2.75, 3.05) is 0 Å². The van der Waals surface area contributed by atoms with Gasteiger partial charge in [0, 0.05) is 18.3 Å². The monoisotopic (exact) mass is 246 g/mol. The average molecular weight is 246 g/mol. The van der Waals surface area contributed by atoms with Gasteiger partial charge in [-0.25, -0.2) is 5.43 Å². The van der Waals surface area contributed by atoms with Gasteiger partial charge < -0.3 is 4.42 Å². The predicted molar refractivity (Wildman–Crippen MR) is 66.5 cm³/mol. The third-order valence-corrected chi connectivity index (χ3v) is 2.75. The normalized spacial score (nSPS) is 11.1. The molecule has 0 aliphatic carbocycles. The Balaban J connectivity index is 2.02. The number of aryl methyl sites for hydroxylation is 2.